The second kappa shape index (κ2) is 8.45. The number of carbonyl (C=O) groups excluding carboxylic acids is 1. The van der Waals surface area contributed by atoms with Crippen LogP contribution >= 0.6 is 0 Å². The van der Waals surface area contributed by atoms with Gasteiger partial charge in [-0.1, -0.05) is 13.8 Å². The van der Waals surface area contributed by atoms with Gasteiger partial charge in [0.15, 0.2) is 0 Å². The van der Waals surface area contributed by atoms with E-state index in [9.17, 15) is 4.79 Å². The highest BCUT2D eigenvalue weighted by molar-refractivity contribution is 5.78. The van der Waals surface area contributed by atoms with Crippen LogP contribution in [0.5, 0.6) is 0 Å². The minimum absolute atomic E-state index is 0.0411. The molecule has 3 N–H and O–H groups in total. The Labute approximate surface area is 110 Å². The summed E-state index contributed by atoms with van der Waals surface area (Å²) in [6.45, 7) is 9.07. The molecule has 0 aromatic carbocycles. The molecule has 1 aliphatic rings. The van der Waals surface area contributed by atoms with Gasteiger partial charge in [0.25, 0.3) is 0 Å². The van der Waals surface area contributed by atoms with Crippen molar-refractivity contribution in [1.29, 1.82) is 0 Å². The fraction of sp³-hybridized carbons (Fsp3) is 0.923. The number of nitrogens with one attached hydrogen (secondary N) is 1. The highest BCUT2D eigenvalue weighted by Gasteiger charge is 2.20. The molecule has 0 aromatic rings. The quantitative estimate of drug-likeness (QED) is 0.683. The lowest BCUT2D eigenvalue weighted by Crippen LogP contribution is -2.48. The number of ether oxygens (including phenoxy) is 1. The summed E-state index contributed by atoms with van der Waals surface area (Å²) in [5.74, 6) is 0.153. The molecule has 2 atom stereocenters. The van der Waals surface area contributed by atoms with E-state index in [-0.39, 0.29) is 17.9 Å². The van der Waals surface area contributed by atoms with Crippen molar-refractivity contribution in [2.24, 2.45) is 11.7 Å². The first kappa shape index (κ1) is 15.4. The molecule has 0 aliphatic carbocycles. The van der Waals surface area contributed by atoms with Crippen molar-refractivity contribution in [2.45, 2.75) is 32.8 Å². The summed E-state index contributed by atoms with van der Waals surface area (Å²) in [4.78, 5) is 14.2. The summed E-state index contributed by atoms with van der Waals surface area (Å²) in [5.41, 5.74) is 5.44. The van der Waals surface area contributed by atoms with Crippen LogP contribution in [0.2, 0.25) is 0 Å². The maximum Gasteiger partial charge on any atom is 0.222 e. The van der Waals surface area contributed by atoms with E-state index < -0.39 is 0 Å². The lowest BCUT2D eigenvalue weighted by Gasteiger charge is -2.32. The average molecular weight is 257 g/mol. The van der Waals surface area contributed by atoms with Crippen molar-refractivity contribution >= 4 is 5.91 Å². The summed E-state index contributed by atoms with van der Waals surface area (Å²) < 4.78 is 5.64. The number of nitrogens with zero attached hydrogens (tertiary/aromatic N) is 1. The predicted molar refractivity (Wildman–Crippen MR) is 72.3 cm³/mol. The van der Waals surface area contributed by atoms with Gasteiger partial charge in [-0.2, -0.15) is 0 Å². The molecular formula is C13H27N3O2. The summed E-state index contributed by atoms with van der Waals surface area (Å²) in [6, 6.07) is 0. The third-order valence-corrected chi connectivity index (χ3v) is 3.46. The van der Waals surface area contributed by atoms with Crippen molar-refractivity contribution in [3.05, 3.63) is 0 Å². The van der Waals surface area contributed by atoms with E-state index in [2.05, 4.69) is 17.1 Å². The molecule has 18 heavy (non-hydrogen) atoms. The zero-order valence-corrected chi connectivity index (χ0v) is 11.7. The molecule has 1 aliphatic heterocycles. The molecule has 5 nitrogen and oxygen atoms in total. The Morgan fingerprint density at radius 2 is 2.39 bits per heavy atom. The van der Waals surface area contributed by atoms with Crippen molar-refractivity contribution in [3.8, 4) is 0 Å². The number of likely N-dealkylation sites (N-methyl/N-ethyl adjacent to an activating group) is 1. The Hall–Kier alpha value is -0.650. The predicted octanol–water partition coefficient (Wildman–Crippen LogP) is 0.198. The van der Waals surface area contributed by atoms with Gasteiger partial charge >= 0.3 is 0 Å². The van der Waals surface area contributed by atoms with E-state index in [1.54, 1.807) is 0 Å². The van der Waals surface area contributed by atoms with Crippen LogP contribution < -0.4 is 11.1 Å². The average Bonchev–Trinajstić information content (AvgIpc) is 2.42. The van der Waals surface area contributed by atoms with E-state index in [0.717, 1.165) is 39.1 Å². The Bertz CT molecular complexity index is 248. The normalized spacial score (nSPS) is 22.7. The van der Waals surface area contributed by atoms with Gasteiger partial charge in [-0.25, -0.2) is 0 Å². The van der Waals surface area contributed by atoms with Gasteiger partial charge in [-0.05, 0) is 25.9 Å². The second-order valence-electron chi connectivity index (χ2n) is 4.96. The van der Waals surface area contributed by atoms with Gasteiger partial charge in [0, 0.05) is 25.6 Å². The van der Waals surface area contributed by atoms with Crippen molar-refractivity contribution in [2.75, 3.05) is 39.3 Å². The molecule has 0 radical (unpaired) electrons. The summed E-state index contributed by atoms with van der Waals surface area (Å²) >= 11 is 0. The number of amides is 1. The maximum absolute atomic E-state index is 11.8. The zero-order valence-electron chi connectivity index (χ0n) is 11.7. The van der Waals surface area contributed by atoms with Crippen LogP contribution in [-0.2, 0) is 9.53 Å². The molecule has 1 heterocycles. The fourth-order valence-electron chi connectivity index (χ4n) is 2.13. The molecule has 0 spiro atoms. The molecule has 0 bridgehead atoms. The largest absolute Gasteiger partial charge is 0.374 e. The fourth-order valence-corrected chi connectivity index (χ4v) is 2.13. The molecule has 106 valence electrons. The Kier molecular flexibility index (Phi) is 7.23. The van der Waals surface area contributed by atoms with Crippen LogP contribution in [-0.4, -0.2) is 56.2 Å². The number of hydrogen-bond acceptors (Lipinski definition) is 4. The van der Waals surface area contributed by atoms with E-state index >= 15 is 0 Å². The Morgan fingerprint density at radius 1 is 1.61 bits per heavy atom. The first-order valence-electron chi connectivity index (χ1n) is 6.99. The molecule has 1 amide bonds. The molecule has 2 unspecified atom stereocenters. The molecule has 1 saturated heterocycles. The number of morpholine rings is 1. The van der Waals surface area contributed by atoms with Gasteiger partial charge in [-0.3, -0.25) is 9.69 Å². The minimum atomic E-state index is 0.0411. The number of nitrogens with two attached hydrogens (primary N) is 1. The topological polar surface area (TPSA) is 67.6 Å². The molecule has 1 rings (SSSR count). The van der Waals surface area contributed by atoms with E-state index in [0.29, 0.717) is 13.1 Å². The van der Waals surface area contributed by atoms with Gasteiger partial charge in [0.1, 0.15) is 0 Å². The van der Waals surface area contributed by atoms with Crippen LogP contribution in [0.15, 0.2) is 0 Å². The first-order valence-corrected chi connectivity index (χ1v) is 6.99. The molecule has 0 saturated carbocycles. The Balaban J connectivity index is 2.21. The van der Waals surface area contributed by atoms with E-state index in [1.165, 1.54) is 0 Å². The van der Waals surface area contributed by atoms with Gasteiger partial charge in [0.05, 0.1) is 12.7 Å². The number of hydrogen-bond donors (Lipinski definition) is 2. The standard InChI is InChI=1S/C13H27N3O2/c1-3-16-7-8-18-12(10-16)9-15-13(17)11(2)5-4-6-14/h11-12H,3-10,14H2,1-2H3,(H,15,17). The van der Waals surface area contributed by atoms with Crippen molar-refractivity contribution in [3.63, 3.8) is 0 Å². The van der Waals surface area contributed by atoms with Crippen molar-refractivity contribution in [1.82, 2.24) is 10.2 Å². The molecule has 5 heteroatoms. The van der Waals surface area contributed by atoms with Crippen LogP contribution in [0.25, 0.3) is 0 Å². The van der Waals surface area contributed by atoms with Crippen LogP contribution in [0.1, 0.15) is 26.7 Å². The zero-order chi connectivity index (χ0) is 13.4. The lowest BCUT2D eigenvalue weighted by molar-refractivity contribution is -0.125. The third-order valence-electron chi connectivity index (χ3n) is 3.46. The van der Waals surface area contributed by atoms with Gasteiger partial charge in [-0.15, -0.1) is 0 Å². The number of carbonyl (C=O) groups is 1. The maximum atomic E-state index is 11.8. The number of rotatable bonds is 7. The third kappa shape index (κ3) is 5.33. The van der Waals surface area contributed by atoms with Crippen LogP contribution in [0.4, 0.5) is 0 Å². The summed E-state index contributed by atoms with van der Waals surface area (Å²) in [7, 11) is 0. The van der Waals surface area contributed by atoms with Crippen LogP contribution in [0.3, 0.4) is 0 Å². The minimum Gasteiger partial charge on any atom is -0.374 e. The lowest BCUT2D eigenvalue weighted by atomic mass is 10.0. The van der Waals surface area contributed by atoms with Crippen LogP contribution in [0, 0.1) is 5.92 Å². The highest BCUT2D eigenvalue weighted by atomic mass is 16.5. The monoisotopic (exact) mass is 257 g/mol. The van der Waals surface area contributed by atoms with Crippen molar-refractivity contribution < 1.29 is 9.53 Å². The SMILES string of the molecule is CCN1CCOC(CNC(=O)C(C)CCCN)C1. The Morgan fingerprint density at radius 3 is 3.06 bits per heavy atom. The summed E-state index contributed by atoms with van der Waals surface area (Å²) in [5, 5.41) is 2.97. The second-order valence-corrected chi connectivity index (χ2v) is 4.96. The molecule has 1 fully saturated rings. The first-order chi connectivity index (χ1) is 8.67. The smallest absolute Gasteiger partial charge is 0.222 e. The van der Waals surface area contributed by atoms with Gasteiger partial charge < -0.3 is 15.8 Å². The summed E-state index contributed by atoms with van der Waals surface area (Å²) in [6.07, 6.45) is 1.89. The molecular weight excluding hydrogens is 230 g/mol. The van der Waals surface area contributed by atoms with E-state index in [4.69, 9.17) is 10.5 Å². The van der Waals surface area contributed by atoms with Gasteiger partial charge in [0.2, 0.25) is 5.91 Å². The molecule has 0 aromatic heterocycles. The van der Waals surface area contributed by atoms with E-state index in [1.807, 2.05) is 6.92 Å². The highest BCUT2D eigenvalue weighted by Crippen LogP contribution is 2.06.